The van der Waals surface area contributed by atoms with E-state index in [1.54, 1.807) is 49.4 Å². The van der Waals surface area contributed by atoms with Gasteiger partial charge in [-0.05, 0) is 61.0 Å². The van der Waals surface area contributed by atoms with Gasteiger partial charge < -0.3 is 14.7 Å². The fourth-order valence-electron chi connectivity index (χ4n) is 3.81. The Morgan fingerprint density at radius 2 is 1.71 bits per heavy atom. The van der Waals surface area contributed by atoms with Crippen LogP contribution in [-0.4, -0.2) is 39.3 Å². The molecule has 0 bridgehead atoms. The van der Waals surface area contributed by atoms with Crippen LogP contribution in [0.4, 0.5) is 4.39 Å². The molecule has 1 amide bonds. The van der Waals surface area contributed by atoms with Crippen molar-refractivity contribution in [3.63, 3.8) is 0 Å². The van der Waals surface area contributed by atoms with Crippen LogP contribution in [0.2, 0.25) is 0 Å². The minimum atomic E-state index is -0.948. The lowest BCUT2D eigenvalue weighted by atomic mass is 9.98. The lowest BCUT2D eigenvalue weighted by molar-refractivity contribution is -0.140. The van der Waals surface area contributed by atoms with E-state index in [0.717, 1.165) is 12.1 Å². The van der Waals surface area contributed by atoms with Crippen molar-refractivity contribution < 1.29 is 28.6 Å². The molecule has 1 aromatic heterocycles. The van der Waals surface area contributed by atoms with E-state index in [1.807, 2.05) is 0 Å². The van der Waals surface area contributed by atoms with Crippen LogP contribution in [0.25, 0.3) is 5.76 Å². The van der Waals surface area contributed by atoms with Crippen molar-refractivity contribution in [1.29, 1.82) is 0 Å². The fraction of sp³-hybridized carbons (Fsp3) is 0.154. The first-order chi connectivity index (χ1) is 16.4. The Bertz CT molecular complexity index is 1250. The number of nitrogens with zero attached hydrogens (tertiary/aromatic N) is 2. The maximum Gasteiger partial charge on any atom is 0.338 e. The van der Waals surface area contributed by atoms with E-state index in [9.17, 15) is 23.9 Å². The number of pyridine rings is 1. The molecule has 2 aromatic carbocycles. The predicted molar refractivity (Wildman–Crippen MR) is 121 cm³/mol. The van der Waals surface area contributed by atoms with Gasteiger partial charge in [-0.3, -0.25) is 14.6 Å². The van der Waals surface area contributed by atoms with Crippen molar-refractivity contribution in [3.05, 3.63) is 107 Å². The minimum absolute atomic E-state index is 0.0368. The number of benzene rings is 2. The average molecular weight is 460 g/mol. The number of Topliss-reactive ketones (excluding diaryl/α,β-unsaturated/α-hetero) is 1. The molecular weight excluding hydrogens is 439 g/mol. The Kier molecular flexibility index (Phi) is 6.49. The summed E-state index contributed by atoms with van der Waals surface area (Å²) < 4.78 is 18.4. The number of amides is 1. The fourth-order valence-corrected chi connectivity index (χ4v) is 3.81. The van der Waals surface area contributed by atoms with Crippen LogP contribution in [-0.2, 0) is 20.9 Å². The number of rotatable bonds is 6. The first-order valence-electron chi connectivity index (χ1n) is 10.6. The van der Waals surface area contributed by atoms with Crippen molar-refractivity contribution >= 4 is 23.4 Å². The zero-order valence-corrected chi connectivity index (χ0v) is 18.3. The molecule has 8 heteroatoms. The van der Waals surface area contributed by atoms with Crippen LogP contribution in [0.3, 0.4) is 0 Å². The number of halogens is 1. The van der Waals surface area contributed by atoms with Gasteiger partial charge in [-0.1, -0.05) is 18.2 Å². The van der Waals surface area contributed by atoms with E-state index in [1.165, 1.54) is 23.2 Å². The normalized spacial score (nSPS) is 17.1. The van der Waals surface area contributed by atoms with Gasteiger partial charge in [0.25, 0.3) is 11.7 Å². The summed E-state index contributed by atoms with van der Waals surface area (Å²) in [6.45, 7) is 2.00. The molecule has 0 saturated carbocycles. The Morgan fingerprint density at radius 3 is 2.32 bits per heavy atom. The summed E-state index contributed by atoms with van der Waals surface area (Å²) in [5.41, 5.74) is 1.51. The second-order valence-electron chi connectivity index (χ2n) is 7.61. The lowest BCUT2D eigenvalue weighted by Crippen LogP contribution is -2.29. The van der Waals surface area contributed by atoms with Gasteiger partial charge in [0.15, 0.2) is 0 Å². The van der Waals surface area contributed by atoms with Crippen molar-refractivity contribution in [2.75, 3.05) is 6.61 Å². The second-order valence-corrected chi connectivity index (χ2v) is 7.61. The molecular formula is C26H21FN2O5. The number of esters is 1. The monoisotopic (exact) mass is 460 g/mol. The number of likely N-dealkylation sites (tertiary alicyclic amines) is 1. The molecule has 0 aliphatic carbocycles. The summed E-state index contributed by atoms with van der Waals surface area (Å²) >= 11 is 0. The van der Waals surface area contributed by atoms with Gasteiger partial charge in [-0.2, -0.15) is 0 Å². The topological polar surface area (TPSA) is 96.8 Å². The smallest absolute Gasteiger partial charge is 0.338 e. The first-order valence-corrected chi connectivity index (χ1v) is 10.6. The quantitative estimate of drug-likeness (QED) is 0.258. The summed E-state index contributed by atoms with van der Waals surface area (Å²) in [7, 11) is 0. The average Bonchev–Trinajstić information content (AvgIpc) is 3.10. The number of aromatic nitrogens is 1. The van der Waals surface area contributed by atoms with Gasteiger partial charge >= 0.3 is 5.97 Å². The van der Waals surface area contributed by atoms with E-state index in [2.05, 4.69) is 4.98 Å². The highest BCUT2D eigenvalue weighted by atomic mass is 19.1. The highest BCUT2D eigenvalue weighted by Gasteiger charge is 2.46. The summed E-state index contributed by atoms with van der Waals surface area (Å²) in [5, 5.41) is 10.9. The molecule has 1 N–H and O–H groups in total. The Balaban J connectivity index is 1.74. The summed E-state index contributed by atoms with van der Waals surface area (Å²) in [6, 6.07) is 15.6. The van der Waals surface area contributed by atoms with Gasteiger partial charge in [0.1, 0.15) is 17.6 Å². The number of hydrogen-bond donors (Lipinski definition) is 1. The number of carbonyl (C=O) groups is 3. The molecule has 2 heterocycles. The predicted octanol–water partition coefficient (Wildman–Crippen LogP) is 4.02. The second kappa shape index (κ2) is 9.66. The molecule has 3 aromatic rings. The van der Waals surface area contributed by atoms with E-state index < -0.39 is 35.3 Å². The highest BCUT2D eigenvalue weighted by molar-refractivity contribution is 6.46. The maximum atomic E-state index is 13.4. The van der Waals surface area contributed by atoms with E-state index >= 15 is 0 Å². The molecule has 1 atom stereocenters. The molecule has 1 saturated heterocycles. The number of aliphatic hydroxyl groups is 1. The summed E-state index contributed by atoms with van der Waals surface area (Å²) in [6.07, 6.45) is 1.53. The third-order valence-corrected chi connectivity index (χ3v) is 5.44. The third kappa shape index (κ3) is 4.43. The van der Waals surface area contributed by atoms with Gasteiger partial charge in [0.05, 0.1) is 23.4 Å². The number of hydrogen-bond acceptors (Lipinski definition) is 6. The number of ketones is 1. The van der Waals surface area contributed by atoms with Gasteiger partial charge in [-0.15, -0.1) is 0 Å². The van der Waals surface area contributed by atoms with E-state index in [4.69, 9.17) is 4.74 Å². The van der Waals surface area contributed by atoms with Crippen LogP contribution in [0.15, 0.2) is 78.5 Å². The number of ether oxygens (including phenoxy) is 1. The van der Waals surface area contributed by atoms with Crippen LogP contribution in [0.5, 0.6) is 0 Å². The molecule has 0 spiro atoms. The molecule has 1 fully saturated rings. The summed E-state index contributed by atoms with van der Waals surface area (Å²) in [4.78, 5) is 43.6. The SMILES string of the molecule is CCOC(=O)c1ccc(CN2C(=O)C(=O)/C(=C(/O)c3ccc(F)cc3)C2c2ccccn2)cc1. The molecule has 172 valence electrons. The standard InChI is InChI=1S/C26H21FN2O5/c1-2-34-26(33)18-8-6-16(7-9-18)15-29-22(20-5-3-4-14-28-20)21(24(31)25(29)32)23(30)17-10-12-19(27)13-11-17/h3-14,22,30H,2,15H2,1H3/b23-21+. The summed E-state index contributed by atoms with van der Waals surface area (Å²) in [5.74, 6) is -3.02. The molecule has 34 heavy (non-hydrogen) atoms. The van der Waals surface area contributed by atoms with Gasteiger partial charge in [0, 0.05) is 18.3 Å². The Hall–Kier alpha value is -4.33. The third-order valence-electron chi connectivity index (χ3n) is 5.44. The lowest BCUT2D eigenvalue weighted by Gasteiger charge is -2.24. The van der Waals surface area contributed by atoms with Crippen LogP contribution >= 0.6 is 0 Å². The molecule has 7 nitrogen and oxygen atoms in total. The largest absolute Gasteiger partial charge is 0.507 e. The molecule has 1 aliphatic rings. The van der Waals surface area contributed by atoms with Crippen molar-refractivity contribution in [1.82, 2.24) is 9.88 Å². The van der Waals surface area contributed by atoms with Crippen LogP contribution in [0, 0.1) is 5.82 Å². The number of carbonyl (C=O) groups excluding carboxylic acids is 3. The highest BCUT2D eigenvalue weighted by Crippen LogP contribution is 2.39. The zero-order chi connectivity index (χ0) is 24.2. The first kappa shape index (κ1) is 22.8. The molecule has 1 aliphatic heterocycles. The van der Waals surface area contributed by atoms with Crippen LogP contribution < -0.4 is 0 Å². The van der Waals surface area contributed by atoms with Gasteiger partial charge in [0.2, 0.25) is 0 Å². The van der Waals surface area contributed by atoms with E-state index in [-0.39, 0.29) is 24.3 Å². The van der Waals surface area contributed by atoms with Crippen molar-refractivity contribution in [2.24, 2.45) is 0 Å². The number of aliphatic hydroxyl groups excluding tert-OH is 1. The molecule has 4 rings (SSSR count). The Labute approximate surface area is 195 Å². The molecule has 0 radical (unpaired) electrons. The Morgan fingerprint density at radius 1 is 1.03 bits per heavy atom. The van der Waals surface area contributed by atoms with Crippen molar-refractivity contribution in [2.45, 2.75) is 19.5 Å². The van der Waals surface area contributed by atoms with Crippen LogP contribution in [0.1, 0.15) is 40.1 Å². The zero-order valence-electron chi connectivity index (χ0n) is 18.3. The maximum absolute atomic E-state index is 13.4. The van der Waals surface area contributed by atoms with E-state index in [0.29, 0.717) is 16.8 Å². The minimum Gasteiger partial charge on any atom is -0.507 e. The van der Waals surface area contributed by atoms with Gasteiger partial charge in [-0.25, -0.2) is 9.18 Å². The molecule has 1 unspecified atom stereocenters. The van der Waals surface area contributed by atoms with Crippen molar-refractivity contribution in [3.8, 4) is 0 Å².